The van der Waals surface area contributed by atoms with Gasteiger partial charge < -0.3 is 10.2 Å². The minimum atomic E-state index is 0.136. The number of amides is 1. The molecule has 1 fully saturated rings. The quantitative estimate of drug-likeness (QED) is 0.676. The molecular formula is C15H21N5OS. The Labute approximate surface area is 135 Å². The summed E-state index contributed by atoms with van der Waals surface area (Å²) in [4.78, 5) is 22.2. The standard InChI is InChI=1S/C15H21N5OS/c1-20(2)14(21)10-4-6-12(7-5-10)18-15-17-9-11(8-16)13(19-15)22-3/h9-10,12H,4-7H2,1-3H3,(H,17,18,19). The van der Waals surface area contributed by atoms with E-state index >= 15 is 0 Å². The van der Waals surface area contributed by atoms with Crippen LogP contribution in [0.3, 0.4) is 0 Å². The number of aromatic nitrogens is 2. The van der Waals surface area contributed by atoms with Crippen molar-refractivity contribution in [1.82, 2.24) is 14.9 Å². The number of nitriles is 1. The third-order valence-electron chi connectivity index (χ3n) is 3.92. The fraction of sp³-hybridized carbons (Fsp3) is 0.600. The Morgan fingerprint density at radius 3 is 2.64 bits per heavy atom. The van der Waals surface area contributed by atoms with Gasteiger partial charge in [0.25, 0.3) is 0 Å². The van der Waals surface area contributed by atoms with Gasteiger partial charge in [0.2, 0.25) is 11.9 Å². The van der Waals surface area contributed by atoms with E-state index < -0.39 is 0 Å². The van der Waals surface area contributed by atoms with Crippen LogP contribution >= 0.6 is 11.8 Å². The zero-order valence-electron chi connectivity index (χ0n) is 13.2. The number of anilines is 1. The molecule has 1 aliphatic carbocycles. The highest BCUT2D eigenvalue weighted by Gasteiger charge is 2.27. The average molecular weight is 319 g/mol. The van der Waals surface area contributed by atoms with Crippen LogP contribution < -0.4 is 5.32 Å². The van der Waals surface area contributed by atoms with Crippen molar-refractivity contribution >= 4 is 23.6 Å². The molecule has 1 saturated carbocycles. The minimum Gasteiger partial charge on any atom is -0.351 e. The zero-order valence-corrected chi connectivity index (χ0v) is 14.0. The molecule has 0 radical (unpaired) electrons. The number of rotatable bonds is 4. The predicted molar refractivity (Wildman–Crippen MR) is 86.6 cm³/mol. The van der Waals surface area contributed by atoms with Crippen molar-refractivity contribution in [2.24, 2.45) is 5.92 Å². The number of carbonyl (C=O) groups excluding carboxylic acids is 1. The maximum atomic E-state index is 12.0. The molecule has 0 spiro atoms. The van der Waals surface area contributed by atoms with Crippen molar-refractivity contribution in [3.63, 3.8) is 0 Å². The minimum absolute atomic E-state index is 0.136. The summed E-state index contributed by atoms with van der Waals surface area (Å²) >= 11 is 1.44. The lowest BCUT2D eigenvalue weighted by Crippen LogP contribution is -2.35. The molecule has 1 amide bonds. The normalized spacial score (nSPS) is 21.0. The third kappa shape index (κ3) is 3.89. The fourth-order valence-electron chi connectivity index (χ4n) is 2.70. The molecule has 0 bridgehead atoms. The van der Waals surface area contributed by atoms with Crippen molar-refractivity contribution in [3.8, 4) is 6.07 Å². The maximum absolute atomic E-state index is 12.0. The van der Waals surface area contributed by atoms with E-state index in [9.17, 15) is 4.79 Å². The maximum Gasteiger partial charge on any atom is 0.225 e. The van der Waals surface area contributed by atoms with Gasteiger partial charge in [0.1, 0.15) is 16.7 Å². The Balaban J connectivity index is 1.94. The highest BCUT2D eigenvalue weighted by molar-refractivity contribution is 7.98. The molecular weight excluding hydrogens is 298 g/mol. The van der Waals surface area contributed by atoms with Crippen molar-refractivity contribution in [3.05, 3.63) is 11.8 Å². The van der Waals surface area contributed by atoms with E-state index in [1.54, 1.807) is 25.2 Å². The van der Waals surface area contributed by atoms with E-state index in [0.29, 0.717) is 16.5 Å². The molecule has 118 valence electrons. The van der Waals surface area contributed by atoms with Crippen LogP contribution in [-0.2, 0) is 4.79 Å². The molecule has 0 unspecified atom stereocenters. The van der Waals surface area contributed by atoms with Gasteiger partial charge in [-0.05, 0) is 31.9 Å². The average Bonchev–Trinajstić information content (AvgIpc) is 2.54. The van der Waals surface area contributed by atoms with Crippen molar-refractivity contribution in [2.45, 2.75) is 36.8 Å². The second-order valence-electron chi connectivity index (χ2n) is 5.65. The third-order valence-corrected chi connectivity index (χ3v) is 4.62. The fourth-order valence-corrected chi connectivity index (χ4v) is 3.20. The van der Waals surface area contributed by atoms with Crippen LogP contribution in [-0.4, -0.2) is 47.2 Å². The van der Waals surface area contributed by atoms with Crippen LogP contribution in [0.1, 0.15) is 31.2 Å². The monoisotopic (exact) mass is 319 g/mol. The van der Waals surface area contributed by atoms with E-state index in [4.69, 9.17) is 5.26 Å². The molecule has 7 heteroatoms. The molecule has 22 heavy (non-hydrogen) atoms. The van der Waals surface area contributed by atoms with Gasteiger partial charge in [-0.15, -0.1) is 11.8 Å². The second-order valence-corrected chi connectivity index (χ2v) is 6.45. The van der Waals surface area contributed by atoms with Gasteiger partial charge in [0.05, 0.1) is 6.20 Å². The van der Waals surface area contributed by atoms with Gasteiger partial charge >= 0.3 is 0 Å². The Morgan fingerprint density at radius 2 is 2.09 bits per heavy atom. The van der Waals surface area contributed by atoms with Crippen LogP contribution in [0, 0.1) is 17.2 Å². The summed E-state index contributed by atoms with van der Waals surface area (Å²) in [5.74, 6) is 0.917. The number of hydrogen-bond donors (Lipinski definition) is 1. The summed E-state index contributed by atoms with van der Waals surface area (Å²) in [7, 11) is 3.61. The predicted octanol–water partition coefficient (Wildman–Crippen LogP) is 2.13. The summed E-state index contributed by atoms with van der Waals surface area (Å²) in [5.41, 5.74) is 0.498. The Kier molecular flexibility index (Phi) is 5.61. The van der Waals surface area contributed by atoms with Gasteiger partial charge in [0, 0.05) is 26.1 Å². The van der Waals surface area contributed by atoms with E-state index in [0.717, 1.165) is 25.7 Å². The molecule has 0 saturated heterocycles. The topological polar surface area (TPSA) is 81.9 Å². The molecule has 1 aliphatic rings. The lowest BCUT2D eigenvalue weighted by molar-refractivity contribution is -0.133. The van der Waals surface area contributed by atoms with Crippen LogP contribution in [0.2, 0.25) is 0 Å². The van der Waals surface area contributed by atoms with Crippen LogP contribution in [0.4, 0.5) is 5.95 Å². The van der Waals surface area contributed by atoms with Gasteiger partial charge in [-0.25, -0.2) is 9.97 Å². The Bertz CT molecular complexity index is 576. The number of hydrogen-bond acceptors (Lipinski definition) is 6. The molecule has 0 atom stereocenters. The molecule has 1 heterocycles. The molecule has 1 aromatic heterocycles. The van der Waals surface area contributed by atoms with Crippen LogP contribution in [0.15, 0.2) is 11.2 Å². The van der Waals surface area contributed by atoms with Crippen molar-refractivity contribution in [1.29, 1.82) is 5.26 Å². The van der Waals surface area contributed by atoms with Crippen molar-refractivity contribution < 1.29 is 4.79 Å². The number of nitrogens with one attached hydrogen (secondary N) is 1. The molecule has 0 aliphatic heterocycles. The number of nitrogens with zero attached hydrogens (tertiary/aromatic N) is 4. The first-order chi connectivity index (χ1) is 10.5. The highest BCUT2D eigenvalue weighted by Crippen LogP contribution is 2.27. The lowest BCUT2D eigenvalue weighted by atomic mass is 9.85. The van der Waals surface area contributed by atoms with E-state index in [1.807, 2.05) is 6.26 Å². The SMILES string of the molecule is CSc1nc(NC2CCC(C(=O)N(C)C)CC2)ncc1C#N. The van der Waals surface area contributed by atoms with Gasteiger partial charge in [0.15, 0.2) is 0 Å². The van der Waals surface area contributed by atoms with Gasteiger partial charge in [-0.3, -0.25) is 4.79 Å². The first-order valence-electron chi connectivity index (χ1n) is 7.34. The Morgan fingerprint density at radius 1 is 1.41 bits per heavy atom. The number of thioether (sulfide) groups is 1. The first kappa shape index (κ1) is 16.6. The van der Waals surface area contributed by atoms with E-state index in [1.165, 1.54) is 11.8 Å². The molecule has 2 rings (SSSR count). The van der Waals surface area contributed by atoms with E-state index in [-0.39, 0.29) is 17.9 Å². The van der Waals surface area contributed by atoms with E-state index in [2.05, 4.69) is 21.4 Å². The summed E-state index contributed by atoms with van der Waals surface area (Å²) in [6.45, 7) is 0. The zero-order chi connectivity index (χ0) is 16.1. The lowest BCUT2D eigenvalue weighted by Gasteiger charge is -2.29. The first-order valence-corrected chi connectivity index (χ1v) is 8.56. The molecule has 1 N–H and O–H groups in total. The Hall–Kier alpha value is -1.81. The summed E-state index contributed by atoms with van der Waals surface area (Å²) < 4.78 is 0. The molecule has 1 aromatic rings. The highest BCUT2D eigenvalue weighted by atomic mass is 32.2. The summed E-state index contributed by atoms with van der Waals surface area (Å²) in [6.07, 6.45) is 7.10. The van der Waals surface area contributed by atoms with Gasteiger partial charge in [-0.1, -0.05) is 0 Å². The van der Waals surface area contributed by atoms with Crippen molar-refractivity contribution in [2.75, 3.05) is 25.7 Å². The smallest absolute Gasteiger partial charge is 0.225 e. The second kappa shape index (κ2) is 7.45. The van der Waals surface area contributed by atoms with Gasteiger partial charge in [-0.2, -0.15) is 5.26 Å². The molecule has 6 nitrogen and oxygen atoms in total. The summed E-state index contributed by atoms with van der Waals surface area (Å²) in [5, 5.41) is 13.0. The molecule has 0 aromatic carbocycles. The van der Waals surface area contributed by atoms with Crippen LogP contribution in [0.25, 0.3) is 0 Å². The van der Waals surface area contributed by atoms with Crippen LogP contribution in [0.5, 0.6) is 0 Å². The largest absolute Gasteiger partial charge is 0.351 e. The number of carbonyl (C=O) groups is 1. The summed E-state index contributed by atoms with van der Waals surface area (Å²) in [6, 6.07) is 2.38.